The van der Waals surface area contributed by atoms with Crippen LogP contribution in [0.4, 0.5) is 0 Å². The highest BCUT2D eigenvalue weighted by atomic mass is 79.9. The van der Waals surface area contributed by atoms with Crippen LogP contribution in [0.25, 0.3) is 0 Å². The highest BCUT2D eigenvalue weighted by Crippen LogP contribution is 2.17. The molecule has 0 bridgehead atoms. The maximum atomic E-state index is 12.0. The van der Waals surface area contributed by atoms with Crippen LogP contribution in [0.3, 0.4) is 0 Å². The number of carbonyl (C=O) groups is 1. The zero-order valence-corrected chi connectivity index (χ0v) is 12.9. The fourth-order valence-corrected chi connectivity index (χ4v) is 2.06. The van der Waals surface area contributed by atoms with Crippen molar-refractivity contribution in [2.24, 2.45) is 5.10 Å². The smallest absolute Gasteiger partial charge is 0.267 e. The van der Waals surface area contributed by atoms with Gasteiger partial charge >= 0.3 is 0 Å². The van der Waals surface area contributed by atoms with Crippen LogP contribution in [-0.2, 0) is 0 Å². The van der Waals surface area contributed by atoms with Gasteiger partial charge in [0.15, 0.2) is 0 Å². The largest absolute Gasteiger partial charge is 0.271 e. The van der Waals surface area contributed by atoms with E-state index in [9.17, 15) is 4.79 Å². The van der Waals surface area contributed by atoms with Gasteiger partial charge in [-0.15, -0.1) is 0 Å². The summed E-state index contributed by atoms with van der Waals surface area (Å²) < 4.78 is 0.911. The van der Waals surface area contributed by atoms with Crippen LogP contribution in [0.1, 0.15) is 28.4 Å². The molecule has 2 rings (SSSR count). The minimum atomic E-state index is -0.221. The number of rotatable bonds is 3. The van der Waals surface area contributed by atoms with E-state index in [0.29, 0.717) is 5.56 Å². The molecule has 0 aromatic heterocycles. The van der Waals surface area contributed by atoms with Gasteiger partial charge in [0.1, 0.15) is 0 Å². The molecule has 102 valence electrons. The molecule has 0 aliphatic rings. The average molecular weight is 331 g/mol. The third-order valence-corrected chi connectivity index (χ3v) is 3.81. The van der Waals surface area contributed by atoms with Crippen LogP contribution in [0.15, 0.2) is 58.1 Å². The number of amides is 1. The summed E-state index contributed by atoms with van der Waals surface area (Å²) in [7, 11) is 0. The van der Waals surface area contributed by atoms with Gasteiger partial charge in [-0.05, 0) is 37.1 Å². The zero-order chi connectivity index (χ0) is 14.5. The molecule has 0 atom stereocenters. The van der Waals surface area contributed by atoms with E-state index in [-0.39, 0.29) is 5.91 Å². The van der Waals surface area contributed by atoms with Crippen LogP contribution in [-0.4, -0.2) is 11.6 Å². The lowest BCUT2D eigenvalue weighted by Gasteiger charge is -2.04. The van der Waals surface area contributed by atoms with Crippen LogP contribution in [0, 0.1) is 6.92 Å². The number of hydrogen-bond donors (Lipinski definition) is 1. The first kappa shape index (κ1) is 14.5. The SMILES string of the molecule is C/C(=N\NC(=O)c1ccc(C)c(Br)c1)c1ccccc1. The highest BCUT2D eigenvalue weighted by Gasteiger charge is 2.06. The number of nitrogens with zero attached hydrogens (tertiary/aromatic N) is 1. The van der Waals surface area contributed by atoms with E-state index >= 15 is 0 Å². The molecule has 2 aromatic carbocycles. The number of nitrogens with one attached hydrogen (secondary N) is 1. The predicted octanol–water partition coefficient (Wildman–Crippen LogP) is 3.91. The molecule has 0 fully saturated rings. The first-order valence-corrected chi connectivity index (χ1v) is 7.03. The lowest BCUT2D eigenvalue weighted by Crippen LogP contribution is -2.19. The van der Waals surface area contributed by atoms with Crippen molar-refractivity contribution in [1.82, 2.24) is 5.43 Å². The minimum Gasteiger partial charge on any atom is -0.267 e. The fourth-order valence-electron chi connectivity index (χ4n) is 1.68. The maximum absolute atomic E-state index is 12.0. The Morgan fingerprint density at radius 2 is 1.80 bits per heavy atom. The molecule has 0 saturated carbocycles. The molecule has 4 heteroatoms. The molecular weight excluding hydrogens is 316 g/mol. The van der Waals surface area contributed by atoms with Gasteiger partial charge < -0.3 is 0 Å². The van der Waals surface area contributed by atoms with Crippen molar-refractivity contribution in [3.05, 3.63) is 69.7 Å². The number of carbonyl (C=O) groups excluding carboxylic acids is 1. The van der Waals surface area contributed by atoms with Gasteiger partial charge in [0.25, 0.3) is 5.91 Å². The lowest BCUT2D eigenvalue weighted by molar-refractivity contribution is 0.0955. The Kier molecular flexibility index (Phi) is 4.69. The van der Waals surface area contributed by atoms with Crippen molar-refractivity contribution >= 4 is 27.5 Å². The number of hydrogen-bond acceptors (Lipinski definition) is 2. The second kappa shape index (κ2) is 6.48. The van der Waals surface area contributed by atoms with Crippen molar-refractivity contribution in [3.63, 3.8) is 0 Å². The van der Waals surface area contributed by atoms with E-state index in [0.717, 1.165) is 21.3 Å². The second-order valence-corrected chi connectivity index (χ2v) is 5.32. The fraction of sp³-hybridized carbons (Fsp3) is 0.125. The molecule has 0 saturated heterocycles. The molecule has 0 unspecified atom stereocenters. The third kappa shape index (κ3) is 3.54. The summed E-state index contributed by atoms with van der Waals surface area (Å²) in [5.74, 6) is -0.221. The molecule has 0 spiro atoms. The standard InChI is InChI=1S/C16H15BrN2O/c1-11-8-9-14(10-15(11)17)16(20)19-18-12(2)13-6-4-3-5-7-13/h3-10H,1-2H3,(H,19,20)/b18-12+. The summed E-state index contributed by atoms with van der Waals surface area (Å²) in [6.07, 6.45) is 0. The molecule has 1 amide bonds. The predicted molar refractivity (Wildman–Crippen MR) is 85.0 cm³/mol. The Morgan fingerprint density at radius 1 is 1.10 bits per heavy atom. The van der Waals surface area contributed by atoms with E-state index in [2.05, 4.69) is 26.5 Å². The monoisotopic (exact) mass is 330 g/mol. The van der Waals surface area contributed by atoms with E-state index in [1.54, 1.807) is 12.1 Å². The van der Waals surface area contributed by atoms with Gasteiger partial charge in [-0.3, -0.25) is 4.79 Å². The molecule has 1 N–H and O–H groups in total. The van der Waals surface area contributed by atoms with Crippen molar-refractivity contribution < 1.29 is 4.79 Å². The summed E-state index contributed by atoms with van der Waals surface area (Å²) in [5, 5.41) is 4.12. The summed E-state index contributed by atoms with van der Waals surface area (Å²) in [6.45, 7) is 3.84. The van der Waals surface area contributed by atoms with E-state index in [1.807, 2.05) is 50.2 Å². The first-order chi connectivity index (χ1) is 9.58. The zero-order valence-electron chi connectivity index (χ0n) is 11.4. The van der Waals surface area contributed by atoms with Gasteiger partial charge in [-0.2, -0.15) is 5.10 Å². The summed E-state index contributed by atoms with van der Waals surface area (Å²) >= 11 is 3.42. The number of hydrazone groups is 1. The Bertz CT molecular complexity index is 651. The molecule has 2 aromatic rings. The van der Waals surface area contributed by atoms with E-state index in [1.165, 1.54) is 0 Å². The van der Waals surface area contributed by atoms with Gasteiger partial charge in [0, 0.05) is 10.0 Å². The van der Waals surface area contributed by atoms with Gasteiger partial charge in [-0.1, -0.05) is 52.3 Å². The molecule has 0 aliphatic heterocycles. The molecule has 20 heavy (non-hydrogen) atoms. The Labute approximate surface area is 126 Å². The number of benzene rings is 2. The highest BCUT2D eigenvalue weighted by molar-refractivity contribution is 9.10. The Morgan fingerprint density at radius 3 is 2.45 bits per heavy atom. The van der Waals surface area contributed by atoms with Gasteiger partial charge in [0.2, 0.25) is 0 Å². The van der Waals surface area contributed by atoms with Crippen LogP contribution >= 0.6 is 15.9 Å². The lowest BCUT2D eigenvalue weighted by atomic mass is 10.1. The molecule has 0 heterocycles. The number of halogens is 1. The van der Waals surface area contributed by atoms with Crippen LogP contribution in [0.2, 0.25) is 0 Å². The molecule has 0 radical (unpaired) electrons. The quantitative estimate of drug-likeness (QED) is 0.672. The third-order valence-electron chi connectivity index (χ3n) is 2.95. The van der Waals surface area contributed by atoms with Gasteiger partial charge in [-0.25, -0.2) is 5.43 Å². The van der Waals surface area contributed by atoms with Crippen LogP contribution < -0.4 is 5.43 Å². The molecule has 0 aliphatic carbocycles. The van der Waals surface area contributed by atoms with Gasteiger partial charge in [0.05, 0.1) is 5.71 Å². The van der Waals surface area contributed by atoms with Crippen molar-refractivity contribution in [2.75, 3.05) is 0 Å². The minimum absolute atomic E-state index is 0.221. The van der Waals surface area contributed by atoms with E-state index in [4.69, 9.17) is 0 Å². The summed E-state index contributed by atoms with van der Waals surface area (Å²) in [6, 6.07) is 15.2. The molecular formula is C16H15BrN2O. The normalized spacial score (nSPS) is 11.2. The average Bonchev–Trinajstić information content (AvgIpc) is 2.48. The Balaban J connectivity index is 2.10. The number of aryl methyl sites for hydroxylation is 1. The van der Waals surface area contributed by atoms with Crippen molar-refractivity contribution in [2.45, 2.75) is 13.8 Å². The van der Waals surface area contributed by atoms with Crippen LogP contribution in [0.5, 0.6) is 0 Å². The first-order valence-electron chi connectivity index (χ1n) is 6.24. The second-order valence-electron chi connectivity index (χ2n) is 4.47. The van der Waals surface area contributed by atoms with Crippen molar-refractivity contribution in [1.29, 1.82) is 0 Å². The van der Waals surface area contributed by atoms with Crippen molar-refractivity contribution in [3.8, 4) is 0 Å². The topological polar surface area (TPSA) is 41.5 Å². The Hall–Kier alpha value is -1.94. The summed E-state index contributed by atoms with van der Waals surface area (Å²) in [5.41, 5.74) is 5.99. The maximum Gasteiger partial charge on any atom is 0.271 e. The summed E-state index contributed by atoms with van der Waals surface area (Å²) in [4.78, 5) is 12.0. The molecule has 3 nitrogen and oxygen atoms in total. The van der Waals surface area contributed by atoms with E-state index < -0.39 is 0 Å².